The van der Waals surface area contributed by atoms with Crippen molar-refractivity contribution in [3.63, 3.8) is 0 Å². The summed E-state index contributed by atoms with van der Waals surface area (Å²) in [7, 11) is 1.64. The van der Waals surface area contributed by atoms with E-state index in [9.17, 15) is 4.79 Å². The van der Waals surface area contributed by atoms with Crippen LogP contribution in [0.25, 0.3) is 0 Å². The van der Waals surface area contributed by atoms with Crippen LogP contribution in [0.4, 0.5) is 0 Å². The van der Waals surface area contributed by atoms with Crippen molar-refractivity contribution in [3.05, 3.63) is 23.8 Å². The molecule has 0 aromatic rings. The fourth-order valence-electron chi connectivity index (χ4n) is 1.12. The highest BCUT2D eigenvalue weighted by molar-refractivity contribution is 5.94. The fourth-order valence-corrected chi connectivity index (χ4v) is 1.12. The van der Waals surface area contributed by atoms with E-state index in [1.807, 2.05) is 13.8 Å². The third-order valence-corrected chi connectivity index (χ3v) is 1.98. The molecule has 0 spiro atoms. The third-order valence-electron chi connectivity index (χ3n) is 1.98. The predicted octanol–water partition coefficient (Wildman–Crippen LogP) is 1.47. The van der Waals surface area contributed by atoms with Crippen molar-refractivity contribution >= 4 is 11.6 Å². The first kappa shape index (κ1) is 14.6. The van der Waals surface area contributed by atoms with Gasteiger partial charge in [-0.2, -0.15) is 0 Å². The lowest BCUT2D eigenvalue weighted by atomic mass is 10.1. The SMILES string of the molecule is C=C(C=C(C)CCN=C(C)COC)C(N)=O. The van der Waals surface area contributed by atoms with Crippen LogP contribution in [0, 0.1) is 0 Å². The average Bonchev–Trinajstić information content (AvgIpc) is 2.17. The predicted molar refractivity (Wildman–Crippen MR) is 66.6 cm³/mol. The second-order valence-electron chi connectivity index (χ2n) is 3.68. The Morgan fingerprint density at radius 1 is 1.50 bits per heavy atom. The van der Waals surface area contributed by atoms with Gasteiger partial charge >= 0.3 is 0 Å². The van der Waals surface area contributed by atoms with Crippen molar-refractivity contribution in [2.75, 3.05) is 20.3 Å². The number of methoxy groups -OCH3 is 1. The van der Waals surface area contributed by atoms with Gasteiger partial charge in [-0.25, -0.2) is 0 Å². The number of amides is 1. The zero-order valence-electron chi connectivity index (χ0n) is 10.2. The summed E-state index contributed by atoms with van der Waals surface area (Å²) in [5.41, 5.74) is 7.40. The highest BCUT2D eigenvalue weighted by Crippen LogP contribution is 2.04. The van der Waals surface area contributed by atoms with Gasteiger partial charge in [0.25, 0.3) is 0 Å². The molecule has 4 heteroatoms. The number of hydrogen-bond donors (Lipinski definition) is 1. The van der Waals surface area contributed by atoms with E-state index >= 15 is 0 Å². The minimum Gasteiger partial charge on any atom is -0.379 e. The van der Waals surface area contributed by atoms with Crippen LogP contribution in [-0.2, 0) is 9.53 Å². The molecule has 90 valence electrons. The zero-order valence-corrected chi connectivity index (χ0v) is 10.2. The van der Waals surface area contributed by atoms with Gasteiger partial charge in [0, 0.05) is 24.9 Å². The minimum atomic E-state index is -0.488. The first-order valence-electron chi connectivity index (χ1n) is 5.12. The van der Waals surface area contributed by atoms with Crippen LogP contribution < -0.4 is 5.73 Å². The van der Waals surface area contributed by atoms with Gasteiger partial charge in [-0.3, -0.25) is 9.79 Å². The molecule has 4 nitrogen and oxygen atoms in total. The molecule has 0 bridgehead atoms. The first-order valence-corrected chi connectivity index (χ1v) is 5.12. The Balaban J connectivity index is 4.07. The Hall–Kier alpha value is -1.42. The largest absolute Gasteiger partial charge is 0.379 e. The highest BCUT2D eigenvalue weighted by atomic mass is 16.5. The number of nitrogens with two attached hydrogens (primary N) is 1. The van der Waals surface area contributed by atoms with Crippen molar-refractivity contribution < 1.29 is 9.53 Å². The van der Waals surface area contributed by atoms with Crippen molar-refractivity contribution in [1.29, 1.82) is 0 Å². The summed E-state index contributed by atoms with van der Waals surface area (Å²) in [5.74, 6) is -0.488. The molecule has 0 aliphatic carbocycles. The summed E-state index contributed by atoms with van der Waals surface area (Å²) in [6.07, 6.45) is 2.48. The van der Waals surface area contributed by atoms with Gasteiger partial charge in [0.05, 0.1) is 6.61 Å². The van der Waals surface area contributed by atoms with Crippen molar-refractivity contribution in [1.82, 2.24) is 0 Å². The van der Waals surface area contributed by atoms with Crippen LogP contribution in [0.3, 0.4) is 0 Å². The molecule has 0 aromatic carbocycles. The lowest BCUT2D eigenvalue weighted by Gasteiger charge is -2.01. The molecule has 2 N–H and O–H groups in total. The molecule has 0 saturated heterocycles. The second kappa shape index (κ2) is 7.82. The maximum Gasteiger partial charge on any atom is 0.248 e. The molecule has 0 aliphatic heterocycles. The molecule has 0 rings (SSSR count). The Kier molecular flexibility index (Phi) is 7.12. The van der Waals surface area contributed by atoms with Gasteiger partial charge in [0.2, 0.25) is 5.91 Å². The van der Waals surface area contributed by atoms with Gasteiger partial charge in [-0.1, -0.05) is 18.2 Å². The topological polar surface area (TPSA) is 64.7 Å². The van der Waals surface area contributed by atoms with Crippen LogP contribution in [-0.4, -0.2) is 31.9 Å². The molecule has 0 heterocycles. The summed E-state index contributed by atoms with van der Waals surface area (Å²) in [5, 5.41) is 0. The molecule has 0 aliphatic rings. The lowest BCUT2D eigenvalue weighted by Crippen LogP contribution is -2.11. The van der Waals surface area contributed by atoms with E-state index in [1.165, 1.54) is 0 Å². The number of aliphatic imine (C=N–C) groups is 1. The summed E-state index contributed by atoms with van der Waals surface area (Å²) < 4.78 is 4.94. The number of ether oxygens (including phenoxy) is 1. The van der Waals surface area contributed by atoms with Gasteiger partial charge < -0.3 is 10.5 Å². The minimum absolute atomic E-state index is 0.329. The standard InChI is InChI=1S/C12H20N2O2/c1-9(7-10(2)12(13)15)5-6-14-11(3)8-16-4/h7H,2,5-6,8H2,1,3-4H3,(H2,13,15). The number of carbonyl (C=O) groups excluding carboxylic acids is 1. The van der Waals surface area contributed by atoms with E-state index in [-0.39, 0.29) is 0 Å². The molecule has 0 saturated carbocycles. The maximum atomic E-state index is 10.7. The van der Waals surface area contributed by atoms with Gasteiger partial charge in [0.1, 0.15) is 0 Å². The third kappa shape index (κ3) is 6.95. The number of rotatable bonds is 7. The summed E-state index contributed by atoms with van der Waals surface area (Å²) in [4.78, 5) is 15.0. The van der Waals surface area contributed by atoms with Crippen molar-refractivity contribution in [2.45, 2.75) is 20.3 Å². The molecule has 0 unspecified atom stereocenters. The Bertz CT molecular complexity index is 317. The van der Waals surface area contributed by atoms with E-state index < -0.39 is 5.91 Å². The molecule has 16 heavy (non-hydrogen) atoms. The zero-order chi connectivity index (χ0) is 12.6. The smallest absolute Gasteiger partial charge is 0.248 e. The van der Waals surface area contributed by atoms with Crippen LogP contribution in [0.15, 0.2) is 28.8 Å². The second-order valence-corrected chi connectivity index (χ2v) is 3.68. The monoisotopic (exact) mass is 224 g/mol. The number of primary amides is 1. The maximum absolute atomic E-state index is 10.7. The van der Waals surface area contributed by atoms with Crippen LogP contribution in [0.2, 0.25) is 0 Å². The Labute approximate surface area is 96.9 Å². The number of carbonyl (C=O) groups is 1. The molecule has 0 atom stereocenters. The average molecular weight is 224 g/mol. The molecule has 0 fully saturated rings. The quantitative estimate of drug-likeness (QED) is 0.404. The molecule has 0 radical (unpaired) electrons. The lowest BCUT2D eigenvalue weighted by molar-refractivity contribution is -0.114. The number of hydrogen-bond acceptors (Lipinski definition) is 3. The number of nitrogens with zero attached hydrogens (tertiary/aromatic N) is 1. The van der Waals surface area contributed by atoms with Crippen LogP contribution in [0.1, 0.15) is 20.3 Å². The van der Waals surface area contributed by atoms with E-state index in [2.05, 4.69) is 11.6 Å². The van der Waals surface area contributed by atoms with Gasteiger partial charge in [0.15, 0.2) is 0 Å². The van der Waals surface area contributed by atoms with E-state index in [4.69, 9.17) is 10.5 Å². The molecule has 0 aromatic heterocycles. The van der Waals surface area contributed by atoms with Gasteiger partial charge in [-0.15, -0.1) is 0 Å². The summed E-state index contributed by atoms with van der Waals surface area (Å²) in [6.45, 7) is 8.64. The summed E-state index contributed by atoms with van der Waals surface area (Å²) in [6, 6.07) is 0. The normalized spacial score (nSPS) is 12.7. The Morgan fingerprint density at radius 2 is 2.12 bits per heavy atom. The summed E-state index contributed by atoms with van der Waals surface area (Å²) >= 11 is 0. The first-order chi connectivity index (χ1) is 7.47. The van der Waals surface area contributed by atoms with E-state index in [0.717, 1.165) is 17.7 Å². The Morgan fingerprint density at radius 3 is 2.62 bits per heavy atom. The van der Waals surface area contributed by atoms with E-state index in [1.54, 1.807) is 13.2 Å². The molecule has 1 amide bonds. The highest BCUT2D eigenvalue weighted by Gasteiger charge is 1.98. The molecular formula is C12H20N2O2. The van der Waals surface area contributed by atoms with E-state index in [0.29, 0.717) is 18.7 Å². The van der Waals surface area contributed by atoms with Gasteiger partial charge in [-0.05, 0) is 20.3 Å². The van der Waals surface area contributed by atoms with Crippen LogP contribution >= 0.6 is 0 Å². The fraction of sp³-hybridized carbons (Fsp3) is 0.500. The van der Waals surface area contributed by atoms with Crippen LogP contribution in [0.5, 0.6) is 0 Å². The van der Waals surface area contributed by atoms with Crippen molar-refractivity contribution in [2.24, 2.45) is 10.7 Å². The van der Waals surface area contributed by atoms with Crippen molar-refractivity contribution in [3.8, 4) is 0 Å². The molecular weight excluding hydrogens is 204 g/mol.